The zero-order valence-corrected chi connectivity index (χ0v) is 14.4. The second-order valence-corrected chi connectivity index (χ2v) is 6.36. The van der Waals surface area contributed by atoms with Gasteiger partial charge in [0.05, 0.1) is 24.1 Å². The van der Waals surface area contributed by atoms with Crippen molar-refractivity contribution < 1.29 is 14.0 Å². The summed E-state index contributed by atoms with van der Waals surface area (Å²) in [5, 5.41) is 8.17. The van der Waals surface area contributed by atoms with Gasteiger partial charge >= 0.3 is 0 Å². The van der Waals surface area contributed by atoms with Crippen LogP contribution in [0.4, 0.5) is 0 Å². The van der Waals surface area contributed by atoms with Crippen molar-refractivity contribution in [3.8, 4) is 11.3 Å². The van der Waals surface area contributed by atoms with Gasteiger partial charge in [0.25, 0.3) is 5.91 Å². The summed E-state index contributed by atoms with van der Waals surface area (Å²) < 4.78 is 4.85. The first-order chi connectivity index (χ1) is 12.1. The predicted octanol–water partition coefficient (Wildman–Crippen LogP) is 2.84. The molecule has 6 nitrogen and oxygen atoms in total. The highest BCUT2D eigenvalue weighted by Gasteiger charge is 2.17. The van der Waals surface area contributed by atoms with Crippen LogP contribution in [0, 0.1) is 0 Å². The van der Waals surface area contributed by atoms with Gasteiger partial charge in [-0.15, -0.1) is 11.3 Å². The quantitative estimate of drug-likeness (QED) is 0.712. The molecule has 1 aromatic carbocycles. The average Bonchev–Trinajstić information content (AvgIpc) is 3.32. The second-order valence-electron chi connectivity index (χ2n) is 5.42. The Morgan fingerprint density at radius 1 is 1.24 bits per heavy atom. The lowest BCUT2D eigenvalue weighted by Crippen LogP contribution is -2.44. The number of nitrogens with zero attached hydrogens (tertiary/aromatic N) is 1. The molecule has 1 unspecified atom stereocenters. The van der Waals surface area contributed by atoms with Crippen LogP contribution in [0.25, 0.3) is 11.3 Å². The molecule has 2 heterocycles. The molecule has 0 bridgehead atoms. The lowest BCUT2D eigenvalue weighted by molar-refractivity contribution is -0.122. The standard InChI is InChI=1S/C18H17N3O3S/c1-12(20-18(23)14-7-8-24-10-14)17(22)19-9-16-21-15(11-25-16)13-5-3-2-4-6-13/h2-8,10-12H,9H2,1H3,(H,19,22)(H,20,23). The molecule has 3 aromatic rings. The first-order valence-corrected chi connectivity index (χ1v) is 8.62. The number of amides is 2. The fourth-order valence-corrected chi connectivity index (χ4v) is 2.93. The summed E-state index contributed by atoms with van der Waals surface area (Å²) in [6.45, 7) is 1.95. The number of hydrogen-bond acceptors (Lipinski definition) is 5. The van der Waals surface area contributed by atoms with Crippen LogP contribution < -0.4 is 10.6 Å². The zero-order chi connectivity index (χ0) is 17.6. The molecule has 0 fully saturated rings. The number of aromatic nitrogens is 1. The molecule has 0 aliphatic rings. The third-order valence-electron chi connectivity index (χ3n) is 3.56. The summed E-state index contributed by atoms with van der Waals surface area (Å²) in [6, 6.07) is 10.7. The first-order valence-electron chi connectivity index (χ1n) is 7.74. The highest BCUT2D eigenvalue weighted by atomic mass is 32.1. The molecule has 0 radical (unpaired) electrons. The third-order valence-corrected chi connectivity index (χ3v) is 4.41. The van der Waals surface area contributed by atoms with Gasteiger partial charge < -0.3 is 15.1 Å². The van der Waals surface area contributed by atoms with Crippen LogP contribution in [0.1, 0.15) is 22.3 Å². The van der Waals surface area contributed by atoms with E-state index < -0.39 is 6.04 Å². The summed E-state index contributed by atoms with van der Waals surface area (Å²) in [6.07, 6.45) is 2.74. The van der Waals surface area contributed by atoms with Crippen molar-refractivity contribution in [3.05, 3.63) is 64.9 Å². The van der Waals surface area contributed by atoms with Crippen molar-refractivity contribution in [2.24, 2.45) is 0 Å². The van der Waals surface area contributed by atoms with Crippen LogP contribution in [0.5, 0.6) is 0 Å². The maximum Gasteiger partial charge on any atom is 0.255 e. The molecule has 0 saturated heterocycles. The monoisotopic (exact) mass is 355 g/mol. The van der Waals surface area contributed by atoms with E-state index in [0.717, 1.165) is 16.3 Å². The maximum absolute atomic E-state index is 12.1. The minimum Gasteiger partial charge on any atom is -0.472 e. The lowest BCUT2D eigenvalue weighted by atomic mass is 10.2. The average molecular weight is 355 g/mol. The highest BCUT2D eigenvalue weighted by Crippen LogP contribution is 2.21. The van der Waals surface area contributed by atoms with Crippen LogP contribution in [-0.4, -0.2) is 22.8 Å². The fourth-order valence-electron chi connectivity index (χ4n) is 2.19. The second kappa shape index (κ2) is 7.76. The Morgan fingerprint density at radius 3 is 2.76 bits per heavy atom. The molecule has 1 atom stereocenters. The third kappa shape index (κ3) is 4.33. The summed E-state index contributed by atoms with van der Waals surface area (Å²) in [5.74, 6) is -0.620. The number of carbonyl (C=O) groups excluding carboxylic acids is 2. The molecule has 0 aliphatic carbocycles. The predicted molar refractivity (Wildman–Crippen MR) is 95.0 cm³/mol. The molecular formula is C18H17N3O3S. The van der Waals surface area contributed by atoms with Crippen LogP contribution in [0.15, 0.2) is 58.7 Å². The van der Waals surface area contributed by atoms with Crippen molar-refractivity contribution in [3.63, 3.8) is 0 Å². The number of hydrogen-bond donors (Lipinski definition) is 2. The fraction of sp³-hybridized carbons (Fsp3) is 0.167. The van der Waals surface area contributed by atoms with E-state index >= 15 is 0 Å². The first kappa shape index (κ1) is 16.9. The van der Waals surface area contributed by atoms with Crippen LogP contribution >= 0.6 is 11.3 Å². The molecule has 2 N–H and O–H groups in total. The van der Waals surface area contributed by atoms with Gasteiger partial charge in [-0.2, -0.15) is 0 Å². The van der Waals surface area contributed by atoms with E-state index in [1.807, 2.05) is 35.7 Å². The van der Waals surface area contributed by atoms with E-state index in [1.54, 1.807) is 13.0 Å². The van der Waals surface area contributed by atoms with Gasteiger partial charge in [-0.05, 0) is 13.0 Å². The van der Waals surface area contributed by atoms with Gasteiger partial charge in [0, 0.05) is 10.9 Å². The summed E-state index contributed by atoms with van der Waals surface area (Å²) in [7, 11) is 0. The van der Waals surface area contributed by atoms with E-state index in [4.69, 9.17) is 4.42 Å². The Labute approximate surface area is 148 Å². The number of thiazole rings is 1. The van der Waals surface area contributed by atoms with Gasteiger partial charge in [0.1, 0.15) is 17.3 Å². The van der Waals surface area contributed by atoms with Crippen molar-refractivity contribution in [1.29, 1.82) is 0 Å². The Hall–Kier alpha value is -2.93. The van der Waals surface area contributed by atoms with Crippen molar-refractivity contribution in [1.82, 2.24) is 15.6 Å². The smallest absolute Gasteiger partial charge is 0.255 e. The normalized spacial score (nSPS) is 11.7. The number of furan rings is 1. The molecule has 2 aromatic heterocycles. The van der Waals surface area contributed by atoms with Crippen molar-refractivity contribution in [2.45, 2.75) is 19.5 Å². The Morgan fingerprint density at radius 2 is 2.04 bits per heavy atom. The van der Waals surface area contributed by atoms with Crippen molar-refractivity contribution >= 4 is 23.2 Å². The molecular weight excluding hydrogens is 338 g/mol. The van der Waals surface area contributed by atoms with E-state index in [-0.39, 0.29) is 11.8 Å². The van der Waals surface area contributed by atoms with Crippen LogP contribution in [0.3, 0.4) is 0 Å². The molecule has 128 valence electrons. The number of nitrogens with one attached hydrogen (secondary N) is 2. The van der Waals surface area contributed by atoms with E-state index in [9.17, 15) is 9.59 Å². The van der Waals surface area contributed by atoms with Crippen LogP contribution in [-0.2, 0) is 11.3 Å². The Bertz CT molecular complexity index is 844. The minimum absolute atomic E-state index is 0.270. The molecule has 2 amide bonds. The largest absolute Gasteiger partial charge is 0.472 e. The maximum atomic E-state index is 12.1. The van der Waals surface area contributed by atoms with E-state index in [2.05, 4.69) is 15.6 Å². The molecule has 7 heteroatoms. The molecule has 25 heavy (non-hydrogen) atoms. The number of carbonyl (C=O) groups is 2. The van der Waals surface area contributed by atoms with Gasteiger partial charge in [-0.25, -0.2) is 4.98 Å². The minimum atomic E-state index is -0.657. The van der Waals surface area contributed by atoms with Gasteiger partial charge in [0.15, 0.2) is 0 Å². The Kier molecular flexibility index (Phi) is 5.25. The van der Waals surface area contributed by atoms with Crippen molar-refractivity contribution in [2.75, 3.05) is 0 Å². The number of rotatable bonds is 6. The summed E-state index contributed by atoms with van der Waals surface area (Å²) in [5.41, 5.74) is 2.31. The molecule has 0 spiro atoms. The van der Waals surface area contributed by atoms with Gasteiger partial charge in [-0.3, -0.25) is 9.59 Å². The summed E-state index contributed by atoms with van der Waals surface area (Å²) in [4.78, 5) is 28.5. The highest BCUT2D eigenvalue weighted by molar-refractivity contribution is 7.09. The van der Waals surface area contributed by atoms with E-state index in [1.165, 1.54) is 23.9 Å². The SMILES string of the molecule is CC(NC(=O)c1ccoc1)C(=O)NCc1nc(-c2ccccc2)cs1. The lowest BCUT2D eigenvalue weighted by Gasteiger charge is -2.12. The molecule has 0 aliphatic heterocycles. The zero-order valence-electron chi connectivity index (χ0n) is 13.6. The van der Waals surface area contributed by atoms with E-state index in [0.29, 0.717) is 12.1 Å². The van der Waals surface area contributed by atoms with Crippen LogP contribution in [0.2, 0.25) is 0 Å². The van der Waals surface area contributed by atoms with Gasteiger partial charge in [0.2, 0.25) is 5.91 Å². The Balaban J connectivity index is 1.52. The van der Waals surface area contributed by atoms with Gasteiger partial charge in [-0.1, -0.05) is 30.3 Å². The summed E-state index contributed by atoms with van der Waals surface area (Å²) >= 11 is 1.48. The topological polar surface area (TPSA) is 84.2 Å². The molecule has 0 saturated carbocycles. The number of benzene rings is 1. The molecule has 3 rings (SSSR count).